The molecule has 0 atom stereocenters. The highest BCUT2D eigenvalue weighted by molar-refractivity contribution is 7.99. The fourth-order valence-electron chi connectivity index (χ4n) is 2.86. The van der Waals surface area contributed by atoms with Gasteiger partial charge in [0.2, 0.25) is 0 Å². The molecule has 146 valence electrons. The molecule has 0 amide bonds. The van der Waals surface area contributed by atoms with Gasteiger partial charge in [0, 0.05) is 36.1 Å². The van der Waals surface area contributed by atoms with Crippen molar-refractivity contribution in [2.24, 2.45) is 14.1 Å². The van der Waals surface area contributed by atoms with E-state index < -0.39 is 0 Å². The lowest BCUT2D eigenvalue weighted by atomic mass is 10.1. The average Bonchev–Trinajstić information content (AvgIpc) is 3.27. The maximum atomic E-state index is 5.90. The first-order chi connectivity index (χ1) is 13.9. The standard InChI is InChI=1S/C21H21N7S/c1-13(16-11-23-27(3)12-16)5-8-19-25-26-21(28(19)4)29-17-6-7-18-15(10-17)9-14(2)20(22)24-18/h5-12H,1H2,2-4H3,(H2,22,24)/b8-5-. The number of allylic oxidation sites excluding steroid dienone is 2. The highest BCUT2D eigenvalue weighted by Crippen LogP contribution is 2.30. The maximum absolute atomic E-state index is 5.90. The molecule has 0 fully saturated rings. The average molecular weight is 404 g/mol. The summed E-state index contributed by atoms with van der Waals surface area (Å²) >= 11 is 1.55. The van der Waals surface area contributed by atoms with Crippen LogP contribution in [0, 0.1) is 6.92 Å². The first-order valence-corrected chi connectivity index (χ1v) is 9.82. The first-order valence-electron chi connectivity index (χ1n) is 9.01. The zero-order chi connectivity index (χ0) is 20.5. The Kier molecular flexibility index (Phi) is 4.94. The van der Waals surface area contributed by atoms with Crippen molar-refractivity contribution in [3.05, 3.63) is 66.3 Å². The van der Waals surface area contributed by atoms with E-state index in [1.807, 2.05) is 56.1 Å². The van der Waals surface area contributed by atoms with E-state index in [0.29, 0.717) is 5.82 Å². The van der Waals surface area contributed by atoms with E-state index in [0.717, 1.165) is 43.5 Å². The third kappa shape index (κ3) is 3.93. The number of hydrogen-bond donors (Lipinski definition) is 1. The molecule has 0 aliphatic carbocycles. The second kappa shape index (κ2) is 7.56. The second-order valence-corrected chi connectivity index (χ2v) is 7.85. The molecule has 29 heavy (non-hydrogen) atoms. The van der Waals surface area contributed by atoms with Crippen molar-refractivity contribution >= 4 is 40.1 Å². The number of rotatable bonds is 5. The molecule has 7 nitrogen and oxygen atoms in total. The quantitative estimate of drug-likeness (QED) is 0.509. The molecule has 3 heterocycles. The Morgan fingerprint density at radius 1 is 1.21 bits per heavy atom. The van der Waals surface area contributed by atoms with Crippen molar-refractivity contribution in [1.82, 2.24) is 29.5 Å². The van der Waals surface area contributed by atoms with Crippen LogP contribution in [0.15, 0.2) is 59.4 Å². The number of nitrogens with two attached hydrogens (primary N) is 1. The molecule has 0 saturated heterocycles. The van der Waals surface area contributed by atoms with Gasteiger partial charge in [-0.15, -0.1) is 10.2 Å². The summed E-state index contributed by atoms with van der Waals surface area (Å²) in [4.78, 5) is 5.49. The van der Waals surface area contributed by atoms with Crippen molar-refractivity contribution in [2.45, 2.75) is 17.0 Å². The van der Waals surface area contributed by atoms with Gasteiger partial charge in [0.1, 0.15) is 5.82 Å². The van der Waals surface area contributed by atoms with Gasteiger partial charge in [0.15, 0.2) is 11.0 Å². The minimum atomic E-state index is 0.565. The summed E-state index contributed by atoms with van der Waals surface area (Å²) in [6, 6.07) is 8.14. The van der Waals surface area contributed by atoms with Gasteiger partial charge in [-0.3, -0.25) is 4.68 Å². The highest BCUT2D eigenvalue weighted by atomic mass is 32.2. The van der Waals surface area contributed by atoms with E-state index in [2.05, 4.69) is 39.0 Å². The summed E-state index contributed by atoms with van der Waals surface area (Å²) in [5.41, 5.74) is 9.60. The number of aryl methyl sites for hydroxylation is 2. The molecule has 8 heteroatoms. The number of aromatic nitrogens is 6. The molecule has 0 saturated carbocycles. The number of anilines is 1. The Morgan fingerprint density at radius 2 is 2.03 bits per heavy atom. The van der Waals surface area contributed by atoms with Crippen LogP contribution in [0.2, 0.25) is 0 Å². The second-order valence-electron chi connectivity index (χ2n) is 6.81. The van der Waals surface area contributed by atoms with Crippen LogP contribution in [0.25, 0.3) is 22.6 Å². The molecular weight excluding hydrogens is 382 g/mol. The summed E-state index contributed by atoms with van der Waals surface area (Å²) in [6.07, 6.45) is 7.54. The SMILES string of the molecule is C=C(/C=C\c1nnc(Sc2ccc3nc(N)c(C)cc3c2)n1C)c1cnn(C)c1. The van der Waals surface area contributed by atoms with E-state index in [9.17, 15) is 0 Å². The van der Waals surface area contributed by atoms with Crippen LogP contribution < -0.4 is 5.73 Å². The molecule has 0 spiro atoms. The molecule has 3 aromatic heterocycles. The molecule has 0 bridgehead atoms. The predicted molar refractivity (Wildman–Crippen MR) is 117 cm³/mol. The number of fused-ring (bicyclic) bond motifs is 1. The number of nitrogens with zero attached hydrogens (tertiary/aromatic N) is 6. The van der Waals surface area contributed by atoms with Crippen LogP contribution in [-0.4, -0.2) is 29.5 Å². The molecule has 0 aliphatic rings. The van der Waals surface area contributed by atoms with Gasteiger partial charge in [-0.05, 0) is 60.2 Å². The van der Waals surface area contributed by atoms with E-state index in [4.69, 9.17) is 5.73 Å². The van der Waals surface area contributed by atoms with Crippen molar-refractivity contribution in [2.75, 3.05) is 5.73 Å². The van der Waals surface area contributed by atoms with Gasteiger partial charge in [-0.25, -0.2) is 4.98 Å². The molecule has 0 aliphatic heterocycles. The van der Waals surface area contributed by atoms with E-state index in [1.165, 1.54) is 0 Å². The minimum absolute atomic E-state index is 0.565. The van der Waals surface area contributed by atoms with Crippen LogP contribution in [0.5, 0.6) is 0 Å². The zero-order valence-corrected chi connectivity index (χ0v) is 17.3. The third-order valence-corrected chi connectivity index (χ3v) is 5.63. The summed E-state index contributed by atoms with van der Waals surface area (Å²) in [7, 11) is 3.83. The molecule has 0 unspecified atom stereocenters. The fraction of sp³-hybridized carbons (Fsp3) is 0.143. The topological polar surface area (TPSA) is 87.4 Å². The van der Waals surface area contributed by atoms with E-state index >= 15 is 0 Å². The van der Waals surface area contributed by atoms with Crippen LogP contribution in [0.4, 0.5) is 5.82 Å². The van der Waals surface area contributed by atoms with Gasteiger partial charge in [-0.1, -0.05) is 12.7 Å². The Bertz CT molecular complexity index is 1250. The lowest BCUT2D eigenvalue weighted by Gasteiger charge is -2.06. The minimum Gasteiger partial charge on any atom is -0.383 e. The number of hydrogen-bond acceptors (Lipinski definition) is 6. The Balaban J connectivity index is 1.54. The molecule has 1 aromatic carbocycles. The molecule has 0 radical (unpaired) electrons. The van der Waals surface area contributed by atoms with Crippen molar-refractivity contribution < 1.29 is 0 Å². The van der Waals surface area contributed by atoms with E-state index in [-0.39, 0.29) is 0 Å². The van der Waals surface area contributed by atoms with Gasteiger partial charge in [0.05, 0.1) is 11.7 Å². The van der Waals surface area contributed by atoms with Crippen molar-refractivity contribution in [3.8, 4) is 0 Å². The lowest BCUT2D eigenvalue weighted by molar-refractivity contribution is 0.767. The summed E-state index contributed by atoms with van der Waals surface area (Å²) in [6.45, 7) is 6.04. The monoisotopic (exact) mass is 403 g/mol. The first kappa shape index (κ1) is 18.9. The van der Waals surface area contributed by atoms with Gasteiger partial charge < -0.3 is 10.3 Å². The van der Waals surface area contributed by atoms with Crippen LogP contribution in [-0.2, 0) is 14.1 Å². The molecule has 4 aromatic rings. The lowest BCUT2D eigenvalue weighted by Crippen LogP contribution is -1.95. The summed E-state index contributed by atoms with van der Waals surface area (Å²) in [5.74, 6) is 1.32. The van der Waals surface area contributed by atoms with Crippen LogP contribution in [0.3, 0.4) is 0 Å². The third-order valence-electron chi connectivity index (χ3n) is 4.60. The molecule has 4 rings (SSSR count). The van der Waals surface area contributed by atoms with Crippen LogP contribution >= 0.6 is 11.8 Å². The summed E-state index contributed by atoms with van der Waals surface area (Å²) < 4.78 is 3.70. The van der Waals surface area contributed by atoms with Gasteiger partial charge in [-0.2, -0.15) is 5.10 Å². The Labute approximate surface area is 173 Å². The van der Waals surface area contributed by atoms with Gasteiger partial charge in [0.25, 0.3) is 0 Å². The predicted octanol–water partition coefficient (Wildman–Crippen LogP) is 3.87. The fourth-order valence-corrected chi connectivity index (χ4v) is 3.71. The Morgan fingerprint density at radius 3 is 2.79 bits per heavy atom. The largest absolute Gasteiger partial charge is 0.383 e. The van der Waals surface area contributed by atoms with Crippen LogP contribution in [0.1, 0.15) is 17.0 Å². The number of nitrogen functional groups attached to an aromatic ring is 1. The van der Waals surface area contributed by atoms with Crippen molar-refractivity contribution in [1.29, 1.82) is 0 Å². The number of pyridine rings is 1. The zero-order valence-electron chi connectivity index (χ0n) is 16.5. The molecule has 2 N–H and O–H groups in total. The Hall–Kier alpha value is -3.39. The molecular formula is C21H21N7S. The normalized spacial score (nSPS) is 11.6. The highest BCUT2D eigenvalue weighted by Gasteiger charge is 2.10. The number of benzene rings is 1. The maximum Gasteiger partial charge on any atom is 0.196 e. The van der Waals surface area contributed by atoms with Gasteiger partial charge >= 0.3 is 0 Å². The van der Waals surface area contributed by atoms with E-state index in [1.54, 1.807) is 22.6 Å². The smallest absolute Gasteiger partial charge is 0.196 e. The van der Waals surface area contributed by atoms with Crippen molar-refractivity contribution in [3.63, 3.8) is 0 Å². The summed E-state index contributed by atoms with van der Waals surface area (Å²) in [5, 5.41) is 14.6.